The van der Waals surface area contributed by atoms with Crippen molar-refractivity contribution in [2.24, 2.45) is 10.7 Å². The van der Waals surface area contributed by atoms with Crippen LogP contribution >= 0.6 is 11.3 Å². The zero-order valence-electron chi connectivity index (χ0n) is 13.1. The largest absolute Gasteiger partial charge is 0.492 e. The number of aliphatic imine (C=N–C) groups is 1. The van der Waals surface area contributed by atoms with E-state index >= 15 is 0 Å². The normalized spacial score (nSPS) is 21.9. The molecule has 0 saturated carbocycles. The summed E-state index contributed by atoms with van der Waals surface area (Å²) in [5, 5.41) is 2.01. The lowest BCUT2D eigenvalue weighted by Gasteiger charge is -2.33. The Morgan fingerprint density at radius 1 is 1.30 bits per heavy atom. The van der Waals surface area contributed by atoms with E-state index in [1.165, 1.54) is 24.8 Å². The van der Waals surface area contributed by atoms with Crippen LogP contribution in [0.1, 0.15) is 29.7 Å². The van der Waals surface area contributed by atoms with E-state index in [1.54, 1.807) is 11.3 Å². The van der Waals surface area contributed by atoms with Gasteiger partial charge in [0.25, 0.3) is 0 Å². The zero-order valence-corrected chi connectivity index (χ0v) is 13.9. The highest BCUT2D eigenvalue weighted by Gasteiger charge is 2.27. The van der Waals surface area contributed by atoms with Crippen LogP contribution in [-0.4, -0.2) is 29.9 Å². The van der Waals surface area contributed by atoms with Gasteiger partial charge in [0.05, 0.1) is 10.6 Å². The van der Waals surface area contributed by atoms with Crippen LogP contribution in [0, 0.1) is 0 Å². The van der Waals surface area contributed by atoms with Crippen LogP contribution in [0.5, 0.6) is 5.75 Å². The molecule has 1 aromatic carbocycles. The van der Waals surface area contributed by atoms with Crippen molar-refractivity contribution in [2.75, 3.05) is 13.2 Å². The van der Waals surface area contributed by atoms with Crippen molar-refractivity contribution in [1.29, 1.82) is 0 Å². The molecule has 23 heavy (non-hydrogen) atoms. The summed E-state index contributed by atoms with van der Waals surface area (Å²) in [6, 6.07) is 10.7. The SMILES string of the molecule is NC(=Nc1ccc2c(c1)CN1CCCCC1CO2)c1cccs1. The molecule has 3 heterocycles. The Morgan fingerprint density at radius 3 is 3.13 bits per heavy atom. The Kier molecular flexibility index (Phi) is 4.06. The summed E-state index contributed by atoms with van der Waals surface area (Å²) in [6.07, 6.45) is 3.84. The Balaban J connectivity index is 1.61. The summed E-state index contributed by atoms with van der Waals surface area (Å²) in [4.78, 5) is 8.13. The average molecular weight is 327 g/mol. The van der Waals surface area contributed by atoms with E-state index in [9.17, 15) is 0 Å². The van der Waals surface area contributed by atoms with Crippen LogP contribution in [-0.2, 0) is 6.54 Å². The topological polar surface area (TPSA) is 50.8 Å². The van der Waals surface area contributed by atoms with E-state index in [0.29, 0.717) is 11.9 Å². The van der Waals surface area contributed by atoms with E-state index in [2.05, 4.69) is 16.0 Å². The van der Waals surface area contributed by atoms with Gasteiger partial charge in [-0.25, -0.2) is 4.99 Å². The second kappa shape index (κ2) is 6.34. The van der Waals surface area contributed by atoms with E-state index in [0.717, 1.165) is 36.0 Å². The van der Waals surface area contributed by atoms with Gasteiger partial charge in [0.2, 0.25) is 0 Å². The average Bonchev–Trinajstić information content (AvgIpc) is 3.04. The van der Waals surface area contributed by atoms with Gasteiger partial charge in [-0.05, 0) is 49.0 Å². The summed E-state index contributed by atoms with van der Waals surface area (Å²) >= 11 is 1.61. The van der Waals surface area contributed by atoms with Crippen molar-refractivity contribution in [3.05, 3.63) is 46.2 Å². The van der Waals surface area contributed by atoms with Gasteiger partial charge in [0.15, 0.2) is 0 Å². The number of ether oxygens (including phenoxy) is 1. The molecule has 2 N–H and O–H groups in total. The first kappa shape index (κ1) is 14.7. The lowest BCUT2D eigenvalue weighted by molar-refractivity contribution is 0.108. The summed E-state index contributed by atoms with van der Waals surface area (Å²) in [5.74, 6) is 1.57. The monoisotopic (exact) mass is 327 g/mol. The summed E-state index contributed by atoms with van der Waals surface area (Å²) in [7, 11) is 0. The fraction of sp³-hybridized carbons (Fsp3) is 0.389. The summed E-state index contributed by atoms with van der Waals surface area (Å²) in [5.41, 5.74) is 8.22. The Labute approximate surface area is 140 Å². The van der Waals surface area contributed by atoms with Crippen LogP contribution in [0.25, 0.3) is 0 Å². The molecule has 1 fully saturated rings. The lowest BCUT2D eigenvalue weighted by atomic mass is 10.0. The number of hydrogen-bond acceptors (Lipinski definition) is 4. The van der Waals surface area contributed by atoms with E-state index in [4.69, 9.17) is 10.5 Å². The highest BCUT2D eigenvalue weighted by molar-refractivity contribution is 7.12. The van der Waals surface area contributed by atoms with Gasteiger partial charge in [-0.15, -0.1) is 11.3 Å². The van der Waals surface area contributed by atoms with Crippen LogP contribution in [0.15, 0.2) is 40.7 Å². The van der Waals surface area contributed by atoms with E-state index < -0.39 is 0 Å². The molecule has 1 saturated heterocycles. The van der Waals surface area contributed by atoms with Gasteiger partial charge in [-0.3, -0.25) is 4.90 Å². The van der Waals surface area contributed by atoms with Gasteiger partial charge in [0.1, 0.15) is 18.2 Å². The molecule has 120 valence electrons. The first-order valence-corrected chi connectivity index (χ1v) is 9.05. The number of thiophene rings is 1. The fourth-order valence-electron chi connectivity index (χ4n) is 3.38. The Morgan fingerprint density at radius 2 is 2.26 bits per heavy atom. The second-order valence-corrected chi connectivity index (χ2v) is 7.15. The van der Waals surface area contributed by atoms with Crippen molar-refractivity contribution in [1.82, 2.24) is 4.90 Å². The molecule has 2 aliphatic heterocycles. The van der Waals surface area contributed by atoms with E-state index in [1.807, 2.05) is 29.6 Å². The third-order valence-electron chi connectivity index (χ3n) is 4.62. The summed E-state index contributed by atoms with van der Waals surface area (Å²) < 4.78 is 6.03. The molecular weight excluding hydrogens is 306 g/mol. The number of piperidine rings is 1. The second-order valence-electron chi connectivity index (χ2n) is 6.20. The number of hydrogen-bond donors (Lipinski definition) is 1. The van der Waals surface area contributed by atoms with Crippen LogP contribution in [0.3, 0.4) is 0 Å². The molecular formula is C18H21N3OS. The quantitative estimate of drug-likeness (QED) is 0.678. The van der Waals surface area contributed by atoms with Crippen molar-refractivity contribution < 1.29 is 4.74 Å². The maximum absolute atomic E-state index is 6.10. The number of rotatable bonds is 2. The standard InChI is InChI=1S/C18H21N3OS/c19-18(17-5-3-9-23-17)20-14-6-7-16-13(10-14)11-21-8-2-1-4-15(21)12-22-16/h3,5-7,9-10,15H,1-2,4,8,11-12H2,(H2,19,20). The minimum Gasteiger partial charge on any atom is -0.492 e. The first-order valence-electron chi connectivity index (χ1n) is 8.17. The van der Waals surface area contributed by atoms with Gasteiger partial charge in [-0.1, -0.05) is 12.5 Å². The molecule has 0 amide bonds. The minimum absolute atomic E-state index is 0.555. The maximum Gasteiger partial charge on any atom is 0.141 e. The van der Waals surface area contributed by atoms with Crippen molar-refractivity contribution in [3.63, 3.8) is 0 Å². The molecule has 4 rings (SSSR count). The fourth-order valence-corrected chi connectivity index (χ4v) is 4.01. The predicted molar refractivity (Wildman–Crippen MR) is 94.7 cm³/mol. The van der Waals surface area contributed by atoms with E-state index in [-0.39, 0.29) is 0 Å². The highest BCUT2D eigenvalue weighted by atomic mass is 32.1. The zero-order chi connectivity index (χ0) is 15.6. The smallest absolute Gasteiger partial charge is 0.141 e. The molecule has 0 spiro atoms. The third-order valence-corrected chi connectivity index (χ3v) is 5.51. The lowest BCUT2D eigenvalue weighted by Crippen LogP contribution is -2.40. The minimum atomic E-state index is 0.555. The molecule has 4 nitrogen and oxygen atoms in total. The molecule has 0 bridgehead atoms. The number of benzene rings is 1. The molecule has 1 unspecified atom stereocenters. The van der Waals surface area contributed by atoms with Gasteiger partial charge in [0, 0.05) is 18.2 Å². The number of amidine groups is 1. The Hall–Kier alpha value is -1.85. The maximum atomic E-state index is 6.10. The van der Waals surface area contributed by atoms with Crippen LogP contribution in [0.4, 0.5) is 5.69 Å². The van der Waals surface area contributed by atoms with Crippen molar-refractivity contribution >= 4 is 22.9 Å². The Bertz CT molecular complexity index is 711. The van der Waals surface area contributed by atoms with Crippen LogP contribution in [0.2, 0.25) is 0 Å². The molecule has 2 aliphatic rings. The number of nitrogens with two attached hydrogens (primary N) is 1. The van der Waals surface area contributed by atoms with Gasteiger partial charge in [-0.2, -0.15) is 0 Å². The molecule has 0 radical (unpaired) electrons. The van der Waals surface area contributed by atoms with Crippen LogP contribution < -0.4 is 10.5 Å². The molecule has 2 aromatic rings. The first-order chi connectivity index (χ1) is 11.3. The van der Waals surface area contributed by atoms with Crippen molar-refractivity contribution in [2.45, 2.75) is 31.8 Å². The number of fused-ring (bicyclic) bond motifs is 2. The predicted octanol–water partition coefficient (Wildman–Crippen LogP) is 3.53. The highest BCUT2D eigenvalue weighted by Crippen LogP contribution is 2.32. The van der Waals surface area contributed by atoms with Gasteiger partial charge >= 0.3 is 0 Å². The number of nitrogens with zero attached hydrogens (tertiary/aromatic N) is 2. The van der Waals surface area contributed by atoms with Gasteiger partial charge < -0.3 is 10.5 Å². The van der Waals surface area contributed by atoms with Crippen molar-refractivity contribution in [3.8, 4) is 5.75 Å². The molecule has 0 aliphatic carbocycles. The third kappa shape index (κ3) is 3.12. The molecule has 1 aromatic heterocycles. The summed E-state index contributed by atoms with van der Waals surface area (Å²) in [6.45, 7) is 2.91. The molecule has 1 atom stereocenters. The molecule has 5 heteroatoms.